The molecule has 2 saturated heterocycles. The van der Waals surface area contributed by atoms with Crippen LogP contribution in [0.5, 0.6) is 11.5 Å². The van der Waals surface area contributed by atoms with Gasteiger partial charge >= 0.3 is 0 Å². The van der Waals surface area contributed by atoms with Gasteiger partial charge in [-0.05, 0) is 73.5 Å². The molecule has 1 aromatic heterocycles. The van der Waals surface area contributed by atoms with Gasteiger partial charge < -0.3 is 24.2 Å². The predicted molar refractivity (Wildman–Crippen MR) is 141 cm³/mol. The molecule has 2 aliphatic heterocycles. The summed E-state index contributed by atoms with van der Waals surface area (Å²) < 4.78 is 10.5. The Morgan fingerprint density at radius 2 is 1.44 bits per heavy atom. The third-order valence-electron chi connectivity index (χ3n) is 7.16. The third kappa shape index (κ3) is 5.22. The van der Waals surface area contributed by atoms with Crippen molar-refractivity contribution in [1.29, 1.82) is 0 Å². The van der Waals surface area contributed by atoms with Crippen LogP contribution in [0.15, 0.2) is 60.7 Å². The summed E-state index contributed by atoms with van der Waals surface area (Å²) in [6.07, 6.45) is 1.90. The maximum absolute atomic E-state index is 13.4. The molecule has 1 amide bonds. The number of nitrogens with zero attached hydrogens (tertiary/aromatic N) is 5. The molecule has 1 unspecified atom stereocenters. The Balaban J connectivity index is 1.17. The molecule has 2 aliphatic rings. The quantitative estimate of drug-likeness (QED) is 0.525. The van der Waals surface area contributed by atoms with E-state index in [1.807, 2.05) is 53.4 Å². The van der Waals surface area contributed by atoms with E-state index in [-0.39, 0.29) is 11.8 Å². The van der Waals surface area contributed by atoms with Gasteiger partial charge in [0.15, 0.2) is 5.82 Å². The SMILES string of the molecule is COc1ccc(-c2ccc(N3CCCC(C(=O)N4CCN(c5ccc(OC)cc5)CC4)C3)nn2)cc1. The number of methoxy groups -OCH3 is 2. The summed E-state index contributed by atoms with van der Waals surface area (Å²) in [7, 11) is 3.33. The van der Waals surface area contributed by atoms with Crippen molar-refractivity contribution in [2.24, 2.45) is 5.92 Å². The predicted octanol–water partition coefficient (Wildman–Crippen LogP) is 3.73. The Hall–Kier alpha value is -3.81. The molecule has 5 rings (SSSR count). The zero-order valence-electron chi connectivity index (χ0n) is 21.0. The molecule has 3 aromatic rings. The van der Waals surface area contributed by atoms with Crippen LogP contribution in [0.25, 0.3) is 11.3 Å². The van der Waals surface area contributed by atoms with Crippen LogP contribution >= 0.6 is 0 Å². The number of rotatable bonds is 6. The summed E-state index contributed by atoms with van der Waals surface area (Å²) >= 11 is 0. The van der Waals surface area contributed by atoms with Crippen molar-refractivity contribution in [1.82, 2.24) is 15.1 Å². The number of piperidine rings is 1. The molecule has 0 N–H and O–H groups in total. The van der Waals surface area contributed by atoms with Crippen molar-refractivity contribution in [3.05, 3.63) is 60.7 Å². The van der Waals surface area contributed by atoms with Crippen LogP contribution in [0, 0.1) is 5.92 Å². The molecule has 0 aliphatic carbocycles. The van der Waals surface area contributed by atoms with Crippen molar-refractivity contribution in [3.8, 4) is 22.8 Å². The maximum atomic E-state index is 13.4. The highest BCUT2D eigenvalue weighted by atomic mass is 16.5. The minimum Gasteiger partial charge on any atom is -0.497 e. The van der Waals surface area contributed by atoms with E-state index in [4.69, 9.17) is 9.47 Å². The monoisotopic (exact) mass is 487 g/mol. The van der Waals surface area contributed by atoms with Crippen LogP contribution in [0.1, 0.15) is 12.8 Å². The minimum absolute atomic E-state index is 0.00523. The lowest BCUT2D eigenvalue weighted by atomic mass is 9.96. The second-order valence-corrected chi connectivity index (χ2v) is 9.30. The maximum Gasteiger partial charge on any atom is 0.227 e. The molecule has 1 atom stereocenters. The standard InChI is InChI=1S/C28H33N5O3/c1-35-24-9-5-21(6-10-24)26-13-14-27(30-29-26)33-15-3-4-22(20-33)28(34)32-18-16-31(17-19-32)23-7-11-25(36-2)12-8-23/h5-14,22H,3-4,15-20H2,1-2H3. The first-order chi connectivity index (χ1) is 17.6. The number of ether oxygens (including phenoxy) is 2. The van der Waals surface area contributed by atoms with E-state index in [0.717, 1.165) is 74.1 Å². The van der Waals surface area contributed by atoms with Gasteiger partial charge in [0.25, 0.3) is 0 Å². The average molecular weight is 488 g/mol. The minimum atomic E-state index is -0.00523. The third-order valence-corrected chi connectivity index (χ3v) is 7.16. The molecule has 0 saturated carbocycles. The van der Waals surface area contributed by atoms with Gasteiger partial charge in [0.1, 0.15) is 11.5 Å². The molecule has 188 valence electrons. The lowest BCUT2D eigenvalue weighted by Gasteiger charge is -2.40. The zero-order chi connectivity index (χ0) is 24.9. The number of piperazine rings is 1. The largest absolute Gasteiger partial charge is 0.497 e. The van der Waals surface area contributed by atoms with Crippen LogP contribution in [0.2, 0.25) is 0 Å². The van der Waals surface area contributed by atoms with Gasteiger partial charge in [0, 0.05) is 50.5 Å². The van der Waals surface area contributed by atoms with E-state index < -0.39 is 0 Å². The second kappa shape index (κ2) is 10.8. The van der Waals surface area contributed by atoms with Crippen LogP contribution in [-0.2, 0) is 4.79 Å². The number of hydrogen-bond donors (Lipinski definition) is 0. The fourth-order valence-corrected chi connectivity index (χ4v) is 5.03. The summed E-state index contributed by atoms with van der Waals surface area (Å²) in [6.45, 7) is 4.76. The van der Waals surface area contributed by atoms with E-state index in [9.17, 15) is 4.79 Å². The van der Waals surface area contributed by atoms with Gasteiger partial charge in [-0.25, -0.2) is 0 Å². The van der Waals surface area contributed by atoms with E-state index >= 15 is 0 Å². The second-order valence-electron chi connectivity index (χ2n) is 9.30. The van der Waals surface area contributed by atoms with Crippen LogP contribution < -0.4 is 19.3 Å². The number of carbonyl (C=O) groups is 1. The van der Waals surface area contributed by atoms with Gasteiger partial charge in [-0.1, -0.05) is 0 Å². The molecule has 8 heteroatoms. The summed E-state index contributed by atoms with van der Waals surface area (Å²) in [6, 6.07) is 19.9. The van der Waals surface area contributed by atoms with Crippen molar-refractivity contribution >= 4 is 17.4 Å². The highest BCUT2D eigenvalue weighted by molar-refractivity contribution is 5.80. The van der Waals surface area contributed by atoms with Crippen molar-refractivity contribution in [3.63, 3.8) is 0 Å². The Kier molecular flexibility index (Phi) is 7.21. The normalized spacial score (nSPS) is 18.2. The van der Waals surface area contributed by atoms with E-state index in [0.29, 0.717) is 6.54 Å². The average Bonchev–Trinajstić information content (AvgIpc) is 2.97. The number of carbonyl (C=O) groups excluding carboxylic acids is 1. The number of anilines is 2. The first-order valence-electron chi connectivity index (χ1n) is 12.6. The molecule has 0 bridgehead atoms. The van der Waals surface area contributed by atoms with E-state index in [1.54, 1.807) is 14.2 Å². The first-order valence-corrected chi connectivity index (χ1v) is 12.6. The Morgan fingerprint density at radius 1 is 0.778 bits per heavy atom. The topological polar surface area (TPSA) is 71.0 Å². The molecule has 2 fully saturated rings. The summed E-state index contributed by atoms with van der Waals surface area (Å²) in [5.41, 5.74) is 2.99. The lowest BCUT2D eigenvalue weighted by Crippen LogP contribution is -2.52. The highest BCUT2D eigenvalue weighted by Gasteiger charge is 2.31. The molecular formula is C28H33N5O3. The van der Waals surface area contributed by atoms with Crippen molar-refractivity contribution in [2.45, 2.75) is 12.8 Å². The van der Waals surface area contributed by atoms with Gasteiger partial charge in [0.2, 0.25) is 5.91 Å². The fourth-order valence-electron chi connectivity index (χ4n) is 5.03. The molecule has 2 aromatic carbocycles. The van der Waals surface area contributed by atoms with Gasteiger partial charge in [-0.15, -0.1) is 10.2 Å². The van der Waals surface area contributed by atoms with Crippen molar-refractivity contribution < 1.29 is 14.3 Å². The number of benzene rings is 2. The lowest BCUT2D eigenvalue weighted by molar-refractivity contribution is -0.136. The van der Waals surface area contributed by atoms with Gasteiger partial charge in [-0.2, -0.15) is 0 Å². The van der Waals surface area contributed by atoms with Crippen LogP contribution in [0.3, 0.4) is 0 Å². The van der Waals surface area contributed by atoms with E-state index in [1.165, 1.54) is 5.69 Å². The molecule has 36 heavy (non-hydrogen) atoms. The van der Waals surface area contributed by atoms with Gasteiger partial charge in [0.05, 0.1) is 25.8 Å². The summed E-state index contributed by atoms with van der Waals surface area (Å²) in [5, 5.41) is 8.93. The first kappa shape index (κ1) is 23.9. The smallest absolute Gasteiger partial charge is 0.227 e. The molecule has 0 radical (unpaired) electrons. The van der Waals surface area contributed by atoms with E-state index in [2.05, 4.69) is 32.1 Å². The molecular weight excluding hydrogens is 454 g/mol. The van der Waals surface area contributed by atoms with Crippen LogP contribution in [-0.4, -0.2) is 74.5 Å². The number of amides is 1. The molecule has 8 nitrogen and oxygen atoms in total. The summed E-state index contributed by atoms with van der Waals surface area (Å²) in [4.78, 5) is 19.9. The summed E-state index contributed by atoms with van der Waals surface area (Å²) in [5.74, 6) is 2.75. The number of hydrogen-bond acceptors (Lipinski definition) is 7. The Labute approximate surface area is 212 Å². The molecule has 0 spiro atoms. The highest BCUT2D eigenvalue weighted by Crippen LogP contribution is 2.26. The molecule has 3 heterocycles. The zero-order valence-corrected chi connectivity index (χ0v) is 21.0. The Morgan fingerprint density at radius 3 is 2.06 bits per heavy atom. The Bertz CT molecular complexity index is 1140. The van der Waals surface area contributed by atoms with Gasteiger partial charge in [-0.3, -0.25) is 4.79 Å². The number of aromatic nitrogens is 2. The van der Waals surface area contributed by atoms with Crippen LogP contribution in [0.4, 0.5) is 11.5 Å². The fraction of sp³-hybridized carbons (Fsp3) is 0.393. The van der Waals surface area contributed by atoms with Crippen molar-refractivity contribution in [2.75, 3.05) is 63.3 Å².